The number of carbonyl (C=O) groups is 2. The summed E-state index contributed by atoms with van der Waals surface area (Å²) in [5.41, 5.74) is 2.50. The fourth-order valence-electron chi connectivity index (χ4n) is 3.49. The fourth-order valence-corrected chi connectivity index (χ4v) is 3.69. The van der Waals surface area contributed by atoms with Gasteiger partial charge < -0.3 is 10.2 Å². The van der Waals surface area contributed by atoms with Gasteiger partial charge in [-0.3, -0.25) is 9.59 Å². The van der Waals surface area contributed by atoms with Crippen molar-refractivity contribution >= 4 is 23.4 Å². The number of amides is 2. The van der Waals surface area contributed by atoms with E-state index in [2.05, 4.69) is 5.32 Å². The Morgan fingerprint density at radius 1 is 0.938 bits per heavy atom. The SMILES string of the molecule is CCC(=O)N(Cc1ccc(F)cc1)C(Cc1ccccc1)C(=O)NCc1ccccc1Cl. The van der Waals surface area contributed by atoms with Crippen LogP contribution >= 0.6 is 11.6 Å². The van der Waals surface area contributed by atoms with Crippen molar-refractivity contribution in [3.05, 3.63) is 106 Å². The molecule has 1 atom stereocenters. The van der Waals surface area contributed by atoms with E-state index in [1.165, 1.54) is 12.1 Å². The molecule has 0 bridgehead atoms. The first-order valence-corrected chi connectivity index (χ1v) is 10.9. The van der Waals surface area contributed by atoms with Gasteiger partial charge >= 0.3 is 0 Å². The Bertz CT molecular complexity index is 1040. The second-order valence-electron chi connectivity index (χ2n) is 7.52. The molecule has 166 valence electrons. The Balaban J connectivity index is 1.87. The molecule has 32 heavy (non-hydrogen) atoms. The number of rotatable bonds is 9. The molecule has 4 nitrogen and oxygen atoms in total. The van der Waals surface area contributed by atoms with Gasteiger partial charge in [-0.05, 0) is 34.9 Å². The Morgan fingerprint density at radius 3 is 2.25 bits per heavy atom. The quantitative estimate of drug-likeness (QED) is 0.488. The van der Waals surface area contributed by atoms with E-state index in [4.69, 9.17) is 11.6 Å². The molecular formula is C26H26ClFN2O2. The van der Waals surface area contributed by atoms with E-state index < -0.39 is 6.04 Å². The lowest BCUT2D eigenvalue weighted by Crippen LogP contribution is -2.50. The molecule has 3 aromatic rings. The summed E-state index contributed by atoms with van der Waals surface area (Å²) in [6, 6.07) is 22.1. The van der Waals surface area contributed by atoms with Crippen molar-refractivity contribution in [2.24, 2.45) is 0 Å². The van der Waals surface area contributed by atoms with Crippen molar-refractivity contribution in [3.8, 4) is 0 Å². The lowest BCUT2D eigenvalue weighted by Gasteiger charge is -2.31. The Morgan fingerprint density at radius 2 is 1.59 bits per heavy atom. The summed E-state index contributed by atoms with van der Waals surface area (Å²) in [5, 5.41) is 3.51. The summed E-state index contributed by atoms with van der Waals surface area (Å²) >= 11 is 6.23. The second kappa shape index (κ2) is 11.4. The van der Waals surface area contributed by atoms with Crippen LogP contribution < -0.4 is 5.32 Å². The topological polar surface area (TPSA) is 49.4 Å². The largest absolute Gasteiger partial charge is 0.350 e. The van der Waals surface area contributed by atoms with Crippen LogP contribution in [0.5, 0.6) is 0 Å². The molecule has 3 aromatic carbocycles. The average Bonchev–Trinajstić information content (AvgIpc) is 2.82. The Labute approximate surface area is 193 Å². The zero-order valence-electron chi connectivity index (χ0n) is 17.9. The van der Waals surface area contributed by atoms with Crippen molar-refractivity contribution in [1.29, 1.82) is 0 Å². The normalized spacial score (nSPS) is 11.6. The molecule has 0 fully saturated rings. The number of nitrogens with zero attached hydrogens (tertiary/aromatic N) is 1. The highest BCUT2D eigenvalue weighted by molar-refractivity contribution is 6.31. The van der Waals surface area contributed by atoms with Gasteiger partial charge in [-0.25, -0.2) is 4.39 Å². The molecule has 1 unspecified atom stereocenters. The van der Waals surface area contributed by atoms with Crippen molar-refractivity contribution < 1.29 is 14.0 Å². The monoisotopic (exact) mass is 452 g/mol. The molecule has 0 saturated carbocycles. The summed E-state index contributed by atoms with van der Waals surface area (Å²) in [5.74, 6) is -0.763. The molecular weight excluding hydrogens is 427 g/mol. The molecule has 0 heterocycles. The number of nitrogens with one attached hydrogen (secondary N) is 1. The van der Waals surface area contributed by atoms with Gasteiger partial charge in [-0.1, -0.05) is 79.2 Å². The van der Waals surface area contributed by atoms with Gasteiger partial charge in [0.1, 0.15) is 11.9 Å². The molecule has 0 radical (unpaired) electrons. The minimum Gasteiger partial charge on any atom is -0.350 e. The molecule has 0 aromatic heterocycles. The third-order valence-corrected chi connectivity index (χ3v) is 5.62. The Kier molecular flexibility index (Phi) is 8.40. The number of benzene rings is 3. The van der Waals surface area contributed by atoms with Crippen molar-refractivity contribution in [3.63, 3.8) is 0 Å². The zero-order valence-corrected chi connectivity index (χ0v) is 18.7. The fraction of sp³-hybridized carbons (Fsp3) is 0.231. The van der Waals surface area contributed by atoms with Crippen LogP contribution in [-0.4, -0.2) is 22.8 Å². The maximum atomic E-state index is 13.4. The molecule has 0 aliphatic carbocycles. The Hall–Kier alpha value is -3.18. The minimum absolute atomic E-state index is 0.150. The van der Waals surface area contributed by atoms with Gasteiger partial charge in [0, 0.05) is 31.0 Å². The summed E-state index contributed by atoms with van der Waals surface area (Å²) in [6.07, 6.45) is 0.617. The third kappa shape index (κ3) is 6.41. The van der Waals surface area contributed by atoms with E-state index in [9.17, 15) is 14.0 Å². The number of hydrogen-bond acceptors (Lipinski definition) is 2. The van der Waals surface area contributed by atoms with E-state index in [1.54, 1.807) is 30.0 Å². The lowest BCUT2D eigenvalue weighted by atomic mass is 10.0. The van der Waals surface area contributed by atoms with Crippen LogP contribution in [0.3, 0.4) is 0 Å². The van der Waals surface area contributed by atoms with Crippen LogP contribution in [0.25, 0.3) is 0 Å². The molecule has 6 heteroatoms. The predicted octanol–water partition coefficient (Wildman–Crippen LogP) is 5.15. The number of carbonyl (C=O) groups excluding carboxylic acids is 2. The second-order valence-corrected chi connectivity index (χ2v) is 7.92. The molecule has 0 aliphatic rings. The number of hydrogen-bond donors (Lipinski definition) is 1. The molecule has 0 saturated heterocycles. The van der Waals surface area contributed by atoms with Crippen LogP contribution in [0.1, 0.15) is 30.0 Å². The summed E-state index contributed by atoms with van der Waals surface area (Å²) < 4.78 is 13.4. The number of halogens is 2. The lowest BCUT2D eigenvalue weighted by molar-refractivity contribution is -0.141. The van der Waals surface area contributed by atoms with E-state index in [0.717, 1.165) is 16.7 Å². The highest BCUT2D eigenvalue weighted by Crippen LogP contribution is 2.18. The van der Waals surface area contributed by atoms with E-state index in [-0.39, 0.29) is 37.1 Å². The minimum atomic E-state index is -0.725. The maximum Gasteiger partial charge on any atom is 0.243 e. The van der Waals surface area contributed by atoms with Gasteiger partial charge in [0.05, 0.1) is 0 Å². The van der Waals surface area contributed by atoms with Crippen molar-refractivity contribution in [2.75, 3.05) is 0 Å². The van der Waals surface area contributed by atoms with Gasteiger partial charge in [-0.15, -0.1) is 0 Å². The van der Waals surface area contributed by atoms with Gasteiger partial charge in [0.15, 0.2) is 0 Å². The summed E-state index contributed by atoms with van der Waals surface area (Å²) in [6.45, 7) is 2.24. The zero-order chi connectivity index (χ0) is 22.9. The first kappa shape index (κ1) is 23.5. The van der Waals surface area contributed by atoms with E-state index in [0.29, 0.717) is 11.4 Å². The first-order valence-electron chi connectivity index (χ1n) is 10.6. The van der Waals surface area contributed by atoms with Crippen LogP contribution in [0.15, 0.2) is 78.9 Å². The molecule has 0 spiro atoms. The molecule has 0 aliphatic heterocycles. The van der Waals surface area contributed by atoms with Crippen molar-refractivity contribution in [2.45, 2.75) is 38.9 Å². The van der Waals surface area contributed by atoms with Gasteiger partial charge in [-0.2, -0.15) is 0 Å². The standard InChI is InChI=1S/C26H26ClFN2O2/c1-2-25(31)30(18-20-12-14-22(28)15-13-20)24(16-19-8-4-3-5-9-19)26(32)29-17-21-10-6-7-11-23(21)27/h3-15,24H,2,16-18H2,1H3,(H,29,32). The molecule has 1 N–H and O–H groups in total. The van der Waals surface area contributed by atoms with Gasteiger partial charge in [0.2, 0.25) is 11.8 Å². The van der Waals surface area contributed by atoms with E-state index >= 15 is 0 Å². The molecule has 3 rings (SSSR count). The predicted molar refractivity (Wildman–Crippen MR) is 124 cm³/mol. The summed E-state index contributed by atoms with van der Waals surface area (Å²) in [7, 11) is 0. The average molecular weight is 453 g/mol. The van der Waals surface area contributed by atoms with Crippen LogP contribution in [0.4, 0.5) is 4.39 Å². The van der Waals surface area contributed by atoms with Crippen LogP contribution in [0, 0.1) is 5.82 Å². The smallest absolute Gasteiger partial charge is 0.243 e. The molecule has 2 amide bonds. The first-order chi connectivity index (χ1) is 15.5. The van der Waals surface area contributed by atoms with E-state index in [1.807, 2.05) is 48.5 Å². The highest BCUT2D eigenvalue weighted by atomic mass is 35.5. The highest BCUT2D eigenvalue weighted by Gasteiger charge is 2.29. The maximum absolute atomic E-state index is 13.4. The van der Waals surface area contributed by atoms with Crippen molar-refractivity contribution in [1.82, 2.24) is 10.2 Å². The van der Waals surface area contributed by atoms with Crippen LogP contribution in [0.2, 0.25) is 5.02 Å². The third-order valence-electron chi connectivity index (χ3n) is 5.25. The van der Waals surface area contributed by atoms with Gasteiger partial charge in [0.25, 0.3) is 0 Å². The summed E-state index contributed by atoms with van der Waals surface area (Å²) in [4.78, 5) is 27.8. The van der Waals surface area contributed by atoms with Crippen LogP contribution in [-0.2, 0) is 29.1 Å².